The zero-order valence-corrected chi connectivity index (χ0v) is 12.8. The Hall–Kier alpha value is -3.11. The topological polar surface area (TPSA) is 177 Å². The summed E-state index contributed by atoms with van der Waals surface area (Å²) >= 11 is 0. The highest BCUT2D eigenvalue weighted by atomic mass is 32.2. The third-order valence-electron chi connectivity index (χ3n) is 2.92. The first-order chi connectivity index (χ1) is 11.2. The number of oxazole rings is 1. The average molecular weight is 357 g/mol. The molecule has 0 radical (unpaired) electrons. The van der Waals surface area contributed by atoms with Crippen molar-refractivity contribution < 1.29 is 31.8 Å². The van der Waals surface area contributed by atoms with E-state index in [1.807, 2.05) is 5.92 Å². The number of nitrogen functional groups attached to an aromatic ring is 1. The van der Waals surface area contributed by atoms with Crippen LogP contribution in [0.15, 0.2) is 15.8 Å². The number of carbonyl (C=O) groups is 2. The number of amides is 2. The number of β-lactam (4-membered cyclic amide) rings is 1. The van der Waals surface area contributed by atoms with Crippen molar-refractivity contribution in [1.29, 1.82) is 0 Å². The predicted octanol–water partition coefficient (Wildman–Crippen LogP) is -2.26. The lowest BCUT2D eigenvalue weighted by atomic mass is 9.99. The molecule has 0 saturated carbocycles. The van der Waals surface area contributed by atoms with E-state index in [-0.39, 0.29) is 21.7 Å². The van der Waals surface area contributed by atoms with Crippen LogP contribution in [-0.4, -0.2) is 59.0 Å². The van der Waals surface area contributed by atoms with Crippen LogP contribution in [0.25, 0.3) is 0 Å². The highest BCUT2D eigenvalue weighted by molar-refractivity contribution is 7.84. The van der Waals surface area contributed by atoms with E-state index in [4.69, 9.17) is 21.1 Å². The predicted molar refractivity (Wildman–Crippen MR) is 77.4 cm³/mol. The average Bonchev–Trinajstić information content (AvgIpc) is 2.91. The first-order valence-electron chi connectivity index (χ1n) is 6.11. The Bertz CT molecular complexity index is 852. The molecule has 1 fully saturated rings. The molecule has 0 aliphatic carbocycles. The van der Waals surface area contributed by atoms with Crippen LogP contribution >= 0.6 is 0 Å². The van der Waals surface area contributed by atoms with Crippen molar-refractivity contribution >= 4 is 33.8 Å². The summed E-state index contributed by atoms with van der Waals surface area (Å²) in [5, 5.41) is 5.63. The molecule has 13 heteroatoms. The first kappa shape index (κ1) is 17.2. The van der Waals surface area contributed by atoms with Gasteiger partial charge in [0.1, 0.15) is 31.2 Å². The molecule has 128 valence electrons. The molecule has 0 aromatic carbocycles. The number of terminal acetylenes is 1. The highest BCUT2D eigenvalue weighted by Crippen LogP contribution is 2.23. The van der Waals surface area contributed by atoms with Gasteiger partial charge in [0.05, 0.1) is 0 Å². The lowest BCUT2D eigenvalue weighted by Crippen LogP contribution is -2.71. The minimum absolute atomic E-state index is 0.0686. The molecule has 1 aliphatic heterocycles. The molecule has 1 aromatic heterocycles. The maximum atomic E-state index is 12.2. The molecule has 0 spiro atoms. The van der Waals surface area contributed by atoms with Gasteiger partial charge in [0.25, 0.3) is 17.8 Å². The molecule has 12 nitrogen and oxygen atoms in total. The van der Waals surface area contributed by atoms with Crippen LogP contribution in [0, 0.1) is 12.3 Å². The summed E-state index contributed by atoms with van der Waals surface area (Å²) in [4.78, 5) is 32.2. The van der Waals surface area contributed by atoms with Crippen LogP contribution in [0.3, 0.4) is 0 Å². The standard InChI is InChI=1S/C11H11N5O7S/c1-3-6-8(10(18)16(6)24(19,20)21)14-9(17)7(15-22-2)5-4-23-11(12)13-5/h1,4,6,8H,2H3,(H2,12,13)(H,14,17)(H,19,20,21)/b15-7-/t6-,8+/m1/s1. The molecule has 1 saturated heterocycles. The Balaban J connectivity index is 2.21. The maximum absolute atomic E-state index is 12.2. The lowest BCUT2D eigenvalue weighted by Gasteiger charge is -2.41. The van der Waals surface area contributed by atoms with Gasteiger partial charge in [-0.25, -0.2) is 0 Å². The summed E-state index contributed by atoms with van der Waals surface area (Å²) < 4.78 is 35.9. The van der Waals surface area contributed by atoms with E-state index in [1.54, 1.807) is 0 Å². The van der Waals surface area contributed by atoms with Gasteiger partial charge in [-0.05, 0) is 0 Å². The fourth-order valence-electron chi connectivity index (χ4n) is 1.93. The fourth-order valence-corrected chi connectivity index (χ4v) is 2.74. The van der Waals surface area contributed by atoms with Crippen molar-refractivity contribution in [2.45, 2.75) is 12.1 Å². The third-order valence-corrected chi connectivity index (χ3v) is 3.82. The summed E-state index contributed by atoms with van der Waals surface area (Å²) in [5.74, 6) is -0.0672. The molecule has 24 heavy (non-hydrogen) atoms. The van der Waals surface area contributed by atoms with Gasteiger partial charge in [0.2, 0.25) is 0 Å². The Morgan fingerprint density at radius 3 is 2.79 bits per heavy atom. The van der Waals surface area contributed by atoms with Gasteiger partial charge in [-0.15, -0.1) is 6.42 Å². The van der Waals surface area contributed by atoms with Crippen molar-refractivity contribution in [3.05, 3.63) is 12.0 Å². The van der Waals surface area contributed by atoms with Gasteiger partial charge in [-0.3, -0.25) is 14.1 Å². The van der Waals surface area contributed by atoms with E-state index in [9.17, 15) is 18.0 Å². The smallest absolute Gasteiger partial charge is 0.363 e. The Kier molecular flexibility index (Phi) is 4.44. The lowest BCUT2D eigenvalue weighted by molar-refractivity contribution is -0.142. The molecular weight excluding hydrogens is 346 g/mol. The van der Waals surface area contributed by atoms with Gasteiger partial charge >= 0.3 is 10.3 Å². The maximum Gasteiger partial charge on any atom is 0.363 e. The fraction of sp³-hybridized carbons (Fsp3) is 0.273. The molecular formula is C11H11N5O7S. The van der Waals surface area contributed by atoms with Crippen LogP contribution in [0.5, 0.6) is 0 Å². The molecule has 0 unspecified atom stereocenters. The van der Waals surface area contributed by atoms with Crippen molar-refractivity contribution in [1.82, 2.24) is 14.6 Å². The number of anilines is 1. The molecule has 2 heterocycles. The summed E-state index contributed by atoms with van der Waals surface area (Å²) in [6, 6.07) is -3.00. The second-order valence-corrected chi connectivity index (χ2v) is 5.66. The van der Waals surface area contributed by atoms with Crippen LogP contribution in [0.1, 0.15) is 5.69 Å². The summed E-state index contributed by atoms with van der Waals surface area (Å²) in [5.41, 5.74) is 4.83. The second-order valence-electron chi connectivity index (χ2n) is 4.37. The number of carbonyl (C=O) groups excluding carboxylic acids is 2. The van der Waals surface area contributed by atoms with E-state index in [2.05, 4.69) is 20.3 Å². The number of hydrogen-bond donors (Lipinski definition) is 3. The molecule has 4 N–H and O–H groups in total. The van der Waals surface area contributed by atoms with E-state index in [0.29, 0.717) is 0 Å². The van der Waals surface area contributed by atoms with Crippen molar-refractivity contribution in [2.75, 3.05) is 12.8 Å². The normalized spacial score (nSPS) is 21.0. The van der Waals surface area contributed by atoms with Gasteiger partial charge in [-0.1, -0.05) is 11.1 Å². The van der Waals surface area contributed by atoms with Crippen molar-refractivity contribution in [3.63, 3.8) is 0 Å². The molecule has 2 amide bonds. The van der Waals surface area contributed by atoms with Gasteiger partial charge in [0.15, 0.2) is 5.71 Å². The van der Waals surface area contributed by atoms with Crippen LogP contribution in [-0.2, 0) is 24.7 Å². The van der Waals surface area contributed by atoms with Crippen LogP contribution in [0.2, 0.25) is 0 Å². The number of nitrogens with one attached hydrogen (secondary N) is 1. The largest absolute Gasteiger partial charge is 0.432 e. The SMILES string of the molecule is C#C[C@@H]1[C@H](NC(=O)/C(=N\OC)c2coc(N)n2)C(=O)N1S(=O)(=O)O. The number of nitrogens with zero attached hydrogens (tertiary/aromatic N) is 3. The Labute approximate surface area is 135 Å². The molecule has 1 aliphatic rings. The molecule has 2 rings (SSSR count). The Morgan fingerprint density at radius 2 is 2.33 bits per heavy atom. The molecule has 1 aromatic rings. The summed E-state index contributed by atoms with van der Waals surface area (Å²) in [6.07, 6.45) is 6.16. The van der Waals surface area contributed by atoms with Crippen LogP contribution in [0.4, 0.5) is 6.01 Å². The van der Waals surface area contributed by atoms with Gasteiger partial charge in [0, 0.05) is 0 Å². The number of nitrogens with two attached hydrogens (primary N) is 1. The van der Waals surface area contributed by atoms with E-state index < -0.39 is 34.2 Å². The van der Waals surface area contributed by atoms with Crippen molar-refractivity contribution in [2.24, 2.45) is 5.16 Å². The van der Waals surface area contributed by atoms with Crippen LogP contribution < -0.4 is 11.1 Å². The minimum atomic E-state index is -4.83. The quantitative estimate of drug-likeness (QED) is 0.172. The molecule has 2 atom stereocenters. The number of oxime groups is 1. The van der Waals surface area contributed by atoms with E-state index >= 15 is 0 Å². The summed E-state index contributed by atoms with van der Waals surface area (Å²) in [6.45, 7) is 0. The zero-order chi connectivity index (χ0) is 18.1. The minimum Gasteiger partial charge on any atom is -0.432 e. The van der Waals surface area contributed by atoms with E-state index in [0.717, 1.165) is 13.4 Å². The van der Waals surface area contributed by atoms with Gasteiger partial charge in [-0.2, -0.15) is 17.7 Å². The van der Waals surface area contributed by atoms with Crippen molar-refractivity contribution in [3.8, 4) is 12.3 Å². The number of aromatic nitrogens is 1. The third kappa shape index (κ3) is 3.00. The highest BCUT2D eigenvalue weighted by Gasteiger charge is 2.53. The monoisotopic (exact) mass is 357 g/mol. The first-order valence-corrected chi connectivity index (χ1v) is 7.50. The number of hydrogen-bond acceptors (Lipinski definition) is 9. The molecule has 0 bridgehead atoms. The summed E-state index contributed by atoms with van der Waals surface area (Å²) in [7, 11) is -3.67. The Morgan fingerprint density at radius 1 is 1.67 bits per heavy atom. The number of rotatable bonds is 5. The van der Waals surface area contributed by atoms with E-state index in [1.165, 1.54) is 0 Å². The second kappa shape index (κ2) is 6.18. The zero-order valence-electron chi connectivity index (χ0n) is 12.0. The van der Waals surface area contributed by atoms with Gasteiger partial charge < -0.3 is 20.3 Å².